The summed E-state index contributed by atoms with van der Waals surface area (Å²) in [6.45, 7) is 1.60. The lowest BCUT2D eigenvalue weighted by Crippen LogP contribution is -2.41. The van der Waals surface area contributed by atoms with Crippen molar-refractivity contribution in [2.75, 3.05) is 13.1 Å². The van der Waals surface area contributed by atoms with Gasteiger partial charge in [0.25, 0.3) is 11.5 Å². The van der Waals surface area contributed by atoms with E-state index in [0.29, 0.717) is 17.1 Å². The number of hydrogen-bond acceptors (Lipinski definition) is 5. The summed E-state index contributed by atoms with van der Waals surface area (Å²) in [6, 6.07) is -0.572. The van der Waals surface area contributed by atoms with Gasteiger partial charge in [0.1, 0.15) is 12.4 Å². The Kier molecular flexibility index (Phi) is 2.96. The maximum absolute atomic E-state index is 12.2. The fraction of sp³-hybridized carbons (Fsp3) is 0.417. The molecule has 0 spiro atoms. The van der Waals surface area contributed by atoms with Crippen LogP contribution < -0.4 is 10.9 Å². The molecule has 21 heavy (non-hydrogen) atoms. The van der Waals surface area contributed by atoms with Crippen molar-refractivity contribution >= 4 is 17.8 Å². The Morgan fingerprint density at radius 1 is 1.29 bits per heavy atom. The van der Waals surface area contributed by atoms with Crippen molar-refractivity contribution in [3.63, 3.8) is 0 Å². The zero-order valence-corrected chi connectivity index (χ0v) is 11.3. The topological polar surface area (TPSA) is 115 Å². The number of fused-ring (bicyclic) bond motifs is 1. The highest BCUT2D eigenvalue weighted by Gasteiger charge is 2.34. The number of carbonyl (C=O) groups excluding carboxylic acids is 3. The van der Waals surface area contributed by atoms with Gasteiger partial charge >= 0.3 is 6.03 Å². The molecule has 110 valence electrons. The Balaban J connectivity index is 1.74. The molecule has 1 saturated heterocycles. The first-order valence-corrected chi connectivity index (χ1v) is 6.40. The number of amides is 4. The number of imide groups is 1. The van der Waals surface area contributed by atoms with Crippen molar-refractivity contribution in [2.24, 2.45) is 0 Å². The minimum absolute atomic E-state index is 0.0905. The molecule has 1 aromatic rings. The zero-order chi connectivity index (χ0) is 15.1. The average Bonchev–Trinajstić information content (AvgIpc) is 2.97. The van der Waals surface area contributed by atoms with E-state index >= 15 is 0 Å². The monoisotopic (exact) mass is 291 g/mol. The van der Waals surface area contributed by atoms with Gasteiger partial charge in [-0.3, -0.25) is 19.3 Å². The van der Waals surface area contributed by atoms with Gasteiger partial charge in [-0.1, -0.05) is 0 Å². The van der Waals surface area contributed by atoms with Crippen LogP contribution >= 0.6 is 0 Å². The summed E-state index contributed by atoms with van der Waals surface area (Å²) in [6.07, 6.45) is 0. The molecule has 0 bridgehead atoms. The van der Waals surface area contributed by atoms with Gasteiger partial charge < -0.3 is 15.2 Å². The number of hydrogen-bond donors (Lipinski definition) is 2. The molecule has 0 unspecified atom stereocenters. The molecular formula is C12H13N5O4. The second-order valence-electron chi connectivity index (χ2n) is 4.96. The molecule has 9 heteroatoms. The highest BCUT2D eigenvalue weighted by Crippen LogP contribution is 2.18. The van der Waals surface area contributed by atoms with Gasteiger partial charge in [0, 0.05) is 0 Å². The van der Waals surface area contributed by atoms with Crippen LogP contribution in [0.25, 0.3) is 0 Å². The minimum Gasteiger partial charge on any atom is -0.331 e. The van der Waals surface area contributed by atoms with E-state index in [2.05, 4.69) is 15.3 Å². The number of H-pyrrole nitrogens is 1. The van der Waals surface area contributed by atoms with E-state index in [4.69, 9.17) is 0 Å². The van der Waals surface area contributed by atoms with Crippen molar-refractivity contribution in [2.45, 2.75) is 20.0 Å². The Morgan fingerprint density at radius 2 is 2.05 bits per heavy atom. The van der Waals surface area contributed by atoms with Crippen molar-refractivity contribution in [1.29, 1.82) is 0 Å². The summed E-state index contributed by atoms with van der Waals surface area (Å²) in [7, 11) is 0. The standard InChI is InChI=1S/C12H13N5O4/c1-6-14-8-4-16(3-7(8)11(20)15-6)10(19)5-17-9(18)2-13-12(17)21/h2-5H2,1H3,(H,13,21)(H,14,15,20). The molecule has 2 aliphatic rings. The zero-order valence-electron chi connectivity index (χ0n) is 11.3. The number of carbonyl (C=O) groups is 3. The highest BCUT2D eigenvalue weighted by atomic mass is 16.2. The third-order valence-corrected chi connectivity index (χ3v) is 3.49. The molecule has 0 aliphatic carbocycles. The molecule has 0 aromatic carbocycles. The summed E-state index contributed by atoms with van der Waals surface area (Å²) in [5, 5.41) is 2.35. The number of rotatable bonds is 2. The van der Waals surface area contributed by atoms with E-state index < -0.39 is 17.8 Å². The molecule has 0 atom stereocenters. The van der Waals surface area contributed by atoms with Crippen molar-refractivity contribution < 1.29 is 14.4 Å². The predicted molar refractivity (Wildman–Crippen MR) is 69.0 cm³/mol. The summed E-state index contributed by atoms with van der Waals surface area (Å²) in [5.41, 5.74) is 0.746. The van der Waals surface area contributed by atoms with Crippen LogP contribution in [0.3, 0.4) is 0 Å². The van der Waals surface area contributed by atoms with Crippen LogP contribution in [0.4, 0.5) is 4.79 Å². The van der Waals surface area contributed by atoms with Gasteiger partial charge in [0.15, 0.2) is 0 Å². The fourth-order valence-corrected chi connectivity index (χ4v) is 2.42. The predicted octanol–water partition coefficient (Wildman–Crippen LogP) is -1.53. The highest BCUT2D eigenvalue weighted by molar-refractivity contribution is 6.04. The Labute approximate surface area is 118 Å². The summed E-state index contributed by atoms with van der Waals surface area (Å²) in [4.78, 5) is 55.9. The summed E-state index contributed by atoms with van der Waals surface area (Å²) >= 11 is 0. The maximum Gasteiger partial charge on any atom is 0.325 e. The quantitative estimate of drug-likeness (QED) is 0.642. The summed E-state index contributed by atoms with van der Waals surface area (Å²) in [5.74, 6) is -0.338. The Hall–Kier alpha value is -2.71. The lowest BCUT2D eigenvalue weighted by Gasteiger charge is -2.18. The van der Waals surface area contributed by atoms with Crippen LogP contribution in [0.15, 0.2) is 4.79 Å². The third-order valence-electron chi connectivity index (χ3n) is 3.49. The Morgan fingerprint density at radius 3 is 2.71 bits per heavy atom. The van der Waals surface area contributed by atoms with Gasteiger partial charge in [0.05, 0.1) is 30.9 Å². The second kappa shape index (κ2) is 4.69. The number of urea groups is 1. The van der Waals surface area contributed by atoms with Crippen LogP contribution in [-0.4, -0.2) is 50.7 Å². The number of aromatic nitrogens is 2. The molecule has 3 heterocycles. The number of nitrogens with zero attached hydrogens (tertiary/aromatic N) is 3. The lowest BCUT2D eigenvalue weighted by atomic mass is 10.3. The molecule has 2 aliphatic heterocycles. The number of aryl methyl sites for hydroxylation is 1. The normalized spacial score (nSPS) is 17.2. The van der Waals surface area contributed by atoms with Crippen molar-refractivity contribution in [1.82, 2.24) is 25.1 Å². The first kappa shape index (κ1) is 13.3. The van der Waals surface area contributed by atoms with Gasteiger partial charge in [0.2, 0.25) is 5.91 Å². The SMILES string of the molecule is Cc1nc2c(c(=O)[nH]1)CN(C(=O)CN1C(=O)CNC1=O)C2. The molecule has 1 fully saturated rings. The van der Waals surface area contributed by atoms with Gasteiger partial charge in [-0.05, 0) is 6.92 Å². The summed E-state index contributed by atoms with van der Waals surface area (Å²) < 4.78 is 0. The van der Waals surface area contributed by atoms with Gasteiger partial charge in [-0.25, -0.2) is 9.78 Å². The molecule has 2 N–H and O–H groups in total. The van der Waals surface area contributed by atoms with Crippen LogP contribution in [-0.2, 0) is 22.7 Å². The molecule has 0 saturated carbocycles. The lowest BCUT2D eigenvalue weighted by molar-refractivity contribution is -0.136. The third kappa shape index (κ3) is 2.26. The van der Waals surface area contributed by atoms with Gasteiger partial charge in [-0.15, -0.1) is 0 Å². The smallest absolute Gasteiger partial charge is 0.325 e. The van der Waals surface area contributed by atoms with E-state index in [9.17, 15) is 19.2 Å². The van der Waals surface area contributed by atoms with E-state index in [1.165, 1.54) is 4.90 Å². The first-order valence-electron chi connectivity index (χ1n) is 6.40. The Bertz CT molecular complexity index is 694. The van der Waals surface area contributed by atoms with E-state index in [0.717, 1.165) is 4.90 Å². The van der Waals surface area contributed by atoms with Crippen LogP contribution in [0.2, 0.25) is 0 Å². The number of aromatic amines is 1. The molecule has 9 nitrogen and oxygen atoms in total. The molecule has 1 aromatic heterocycles. The van der Waals surface area contributed by atoms with Gasteiger partial charge in [-0.2, -0.15) is 0 Å². The largest absolute Gasteiger partial charge is 0.331 e. The maximum atomic E-state index is 12.2. The molecular weight excluding hydrogens is 278 g/mol. The van der Waals surface area contributed by atoms with Crippen molar-refractivity contribution in [3.05, 3.63) is 27.4 Å². The van der Waals surface area contributed by atoms with E-state index in [-0.39, 0.29) is 31.7 Å². The second-order valence-corrected chi connectivity index (χ2v) is 4.96. The number of nitrogens with one attached hydrogen (secondary N) is 2. The van der Waals surface area contributed by atoms with E-state index in [1.54, 1.807) is 6.92 Å². The minimum atomic E-state index is -0.572. The molecule has 0 radical (unpaired) electrons. The molecule has 4 amide bonds. The first-order chi connectivity index (χ1) is 9.95. The van der Waals surface area contributed by atoms with Crippen molar-refractivity contribution in [3.8, 4) is 0 Å². The molecule has 3 rings (SSSR count). The van der Waals surface area contributed by atoms with Crippen LogP contribution in [0.5, 0.6) is 0 Å². The van der Waals surface area contributed by atoms with Crippen LogP contribution in [0.1, 0.15) is 17.1 Å². The van der Waals surface area contributed by atoms with E-state index in [1.807, 2.05) is 0 Å². The van der Waals surface area contributed by atoms with Crippen LogP contribution in [0, 0.1) is 6.92 Å². The average molecular weight is 291 g/mol. The fourth-order valence-electron chi connectivity index (χ4n) is 2.42.